The molecule has 0 fully saturated rings. The molecule has 0 aromatic heterocycles. The Morgan fingerprint density at radius 1 is 0.658 bits per heavy atom. The third-order valence-electron chi connectivity index (χ3n) is 6.94. The number of rotatable bonds is 14. The molecule has 0 aliphatic heterocycles. The first kappa shape index (κ1) is 27.5. The molecule has 0 saturated heterocycles. The Hall–Kier alpha value is -3.56. The van der Waals surface area contributed by atoms with E-state index in [9.17, 15) is 0 Å². The molecule has 0 amide bonds. The molecule has 0 bridgehead atoms. The maximum Gasteiger partial charge on any atom is 0.199 e. The van der Waals surface area contributed by atoms with E-state index in [0.29, 0.717) is 19.1 Å². The Balaban J connectivity index is 1.45. The molecule has 4 aromatic carbocycles. The van der Waals surface area contributed by atoms with Crippen LogP contribution in [0.25, 0.3) is 22.3 Å². The molecule has 0 aliphatic carbocycles. The summed E-state index contributed by atoms with van der Waals surface area (Å²) < 4.78 is 18.9. The molecule has 3 heteroatoms. The van der Waals surface area contributed by atoms with E-state index in [0.717, 1.165) is 59.4 Å². The van der Waals surface area contributed by atoms with Crippen molar-refractivity contribution in [2.24, 2.45) is 0 Å². The van der Waals surface area contributed by atoms with Gasteiger partial charge in [-0.1, -0.05) is 118 Å². The van der Waals surface area contributed by atoms with Gasteiger partial charge in [0, 0.05) is 17.5 Å². The number of benzene rings is 4. The van der Waals surface area contributed by atoms with Crippen LogP contribution in [0.5, 0.6) is 11.5 Å². The van der Waals surface area contributed by atoms with Gasteiger partial charge < -0.3 is 14.2 Å². The van der Waals surface area contributed by atoms with Crippen molar-refractivity contribution in [3.8, 4) is 33.8 Å². The lowest BCUT2D eigenvalue weighted by Gasteiger charge is -2.21. The molecular formula is C35H40O3. The van der Waals surface area contributed by atoms with Crippen LogP contribution < -0.4 is 9.47 Å². The van der Waals surface area contributed by atoms with Crippen molar-refractivity contribution in [3.05, 3.63) is 109 Å². The monoisotopic (exact) mass is 508 g/mol. The molecule has 3 nitrogen and oxygen atoms in total. The van der Waals surface area contributed by atoms with E-state index in [-0.39, 0.29) is 6.29 Å². The van der Waals surface area contributed by atoms with Crippen LogP contribution in [0.3, 0.4) is 0 Å². The third kappa shape index (κ3) is 7.49. The topological polar surface area (TPSA) is 27.7 Å². The van der Waals surface area contributed by atoms with Crippen LogP contribution in [-0.2, 0) is 4.74 Å². The van der Waals surface area contributed by atoms with E-state index >= 15 is 0 Å². The van der Waals surface area contributed by atoms with Gasteiger partial charge in [0.15, 0.2) is 6.29 Å². The Morgan fingerprint density at radius 3 is 1.82 bits per heavy atom. The van der Waals surface area contributed by atoms with Crippen LogP contribution in [0.2, 0.25) is 0 Å². The molecular weight excluding hydrogens is 468 g/mol. The largest absolute Gasteiger partial charge is 0.490 e. The molecule has 0 N–H and O–H groups in total. The summed E-state index contributed by atoms with van der Waals surface area (Å²) in [5, 5.41) is 0. The van der Waals surface area contributed by atoms with Crippen molar-refractivity contribution >= 4 is 0 Å². The van der Waals surface area contributed by atoms with E-state index in [1.165, 1.54) is 5.56 Å². The fourth-order valence-corrected chi connectivity index (χ4v) is 4.52. The second-order valence-corrected chi connectivity index (χ2v) is 9.70. The fraction of sp³-hybridized carbons (Fsp3) is 0.314. The number of hydrogen-bond acceptors (Lipinski definition) is 3. The molecule has 198 valence electrons. The first-order chi connectivity index (χ1) is 18.7. The van der Waals surface area contributed by atoms with Crippen LogP contribution in [0, 0.1) is 0 Å². The van der Waals surface area contributed by atoms with Crippen molar-refractivity contribution in [1.29, 1.82) is 0 Å². The van der Waals surface area contributed by atoms with Crippen LogP contribution in [0.15, 0.2) is 103 Å². The third-order valence-corrected chi connectivity index (χ3v) is 6.94. The van der Waals surface area contributed by atoms with Crippen molar-refractivity contribution in [1.82, 2.24) is 0 Å². The van der Waals surface area contributed by atoms with Crippen LogP contribution >= 0.6 is 0 Å². The molecule has 0 saturated carbocycles. The minimum atomic E-state index is -0.300. The fourth-order valence-electron chi connectivity index (χ4n) is 4.52. The second kappa shape index (κ2) is 14.4. The SMILES string of the molecule is CCCCC(OCCOc1c(-c2ccccc2)cccc1-c1ccccc1)Oc1ccc(C(C)CC)cc1. The van der Waals surface area contributed by atoms with Gasteiger partial charge in [-0.2, -0.15) is 0 Å². The maximum atomic E-state index is 6.46. The van der Waals surface area contributed by atoms with Crippen LogP contribution in [0.4, 0.5) is 0 Å². The minimum Gasteiger partial charge on any atom is -0.490 e. The van der Waals surface area contributed by atoms with Crippen molar-refractivity contribution in [2.45, 2.75) is 58.7 Å². The zero-order valence-electron chi connectivity index (χ0n) is 22.9. The Bertz CT molecular complexity index is 1160. The van der Waals surface area contributed by atoms with Gasteiger partial charge in [0.1, 0.15) is 18.1 Å². The highest BCUT2D eigenvalue weighted by molar-refractivity contribution is 5.82. The Kier molecular flexibility index (Phi) is 10.4. The molecule has 0 aliphatic rings. The maximum absolute atomic E-state index is 6.46. The molecule has 2 unspecified atom stereocenters. The molecule has 0 heterocycles. The molecule has 38 heavy (non-hydrogen) atoms. The average molecular weight is 509 g/mol. The summed E-state index contributed by atoms with van der Waals surface area (Å²) >= 11 is 0. The highest BCUT2D eigenvalue weighted by atomic mass is 16.7. The van der Waals surface area contributed by atoms with Crippen molar-refractivity contribution in [2.75, 3.05) is 13.2 Å². The highest BCUT2D eigenvalue weighted by Gasteiger charge is 2.15. The van der Waals surface area contributed by atoms with Crippen LogP contribution in [0.1, 0.15) is 57.9 Å². The van der Waals surface area contributed by atoms with E-state index in [4.69, 9.17) is 14.2 Å². The number of unbranched alkanes of at least 4 members (excludes halogenated alkanes) is 1. The van der Waals surface area contributed by atoms with Crippen molar-refractivity contribution in [3.63, 3.8) is 0 Å². The molecule has 4 rings (SSSR count). The smallest absolute Gasteiger partial charge is 0.199 e. The molecule has 2 atom stereocenters. The van der Waals surface area contributed by atoms with E-state index in [1.54, 1.807) is 0 Å². The van der Waals surface area contributed by atoms with Gasteiger partial charge in [0.05, 0.1) is 6.61 Å². The van der Waals surface area contributed by atoms with Gasteiger partial charge in [-0.15, -0.1) is 0 Å². The first-order valence-corrected chi connectivity index (χ1v) is 13.9. The molecule has 0 radical (unpaired) electrons. The van der Waals surface area contributed by atoms with E-state index < -0.39 is 0 Å². The standard InChI is InChI=1S/C35H40O3/c1-4-6-20-34(38-31-23-21-28(22-24-31)27(3)5-2)36-25-26-37-35-32(29-14-9-7-10-15-29)18-13-19-33(35)30-16-11-8-12-17-30/h7-19,21-24,27,34H,4-6,20,25-26H2,1-3H3. The van der Waals surface area contributed by atoms with E-state index in [2.05, 4.69) is 112 Å². The predicted molar refractivity (Wildman–Crippen MR) is 158 cm³/mol. The Labute approximate surface area is 228 Å². The van der Waals surface area contributed by atoms with Gasteiger partial charge in [0.2, 0.25) is 0 Å². The van der Waals surface area contributed by atoms with Gasteiger partial charge in [-0.05, 0) is 47.6 Å². The lowest BCUT2D eigenvalue weighted by molar-refractivity contribution is -0.0916. The lowest BCUT2D eigenvalue weighted by Crippen LogP contribution is -2.23. The normalized spacial score (nSPS) is 12.6. The number of ether oxygens (including phenoxy) is 3. The number of para-hydroxylation sites is 1. The Morgan fingerprint density at radius 2 is 1.26 bits per heavy atom. The summed E-state index contributed by atoms with van der Waals surface area (Å²) in [5.41, 5.74) is 5.75. The summed E-state index contributed by atoms with van der Waals surface area (Å²) in [5.74, 6) is 2.27. The quantitative estimate of drug-likeness (QED) is 0.125. The summed E-state index contributed by atoms with van der Waals surface area (Å²) in [6, 6.07) is 35.6. The van der Waals surface area contributed by atoms with Gasteiger partial charge in [0.25, 0.3) is 0 Å². The molecule has 4 aromatic rings. The summed E-state index contributed by atoms with van der Waals surface area (Å²) in [6.45, 7) is 7.53. The summed E-state index contributed by atoms with van der Waals surface area (Å²) in [6.07, 6.45) is 3.82. The lowest BCUT2D eigenvalue weighted by atomic mass is 9.97. The molecule has 0 spiro atoms. The van der Waals surface area contributed by atoms with Gasteiger partial charge in [-0.3, -0.25) is 0 Å². The second-order valence-electron chi connectivity index (χ2n) is 9.70. The minimum absolute atomic E-state index is 0.300. The number of hydrogen-bond donors (Lipinski definition) is 0. The average Bonchev–Trinajstić information content (AvgIpc) is 2.98. The zero-order chi connectivity index (χ0) is 26.6. The van der Waals surface area contributed by atoms with Crippen molar-refractivity contribution < 1.29 is 14.2 Å². The van der Waals surface area contributed by atoms with Gasteiger partial charge in [-0.25, -0.2) is 0 Å². The van der Waals surface area contributed by atoms with Crippen LogP contribution in [-0.4, -0.2) is 19.5 Å². The van der Waals surface area contributed by atoms with E-state index in [1.807, 2.05) is 12.1 Å². The van der Waals surface area contributed by atoms with Gasteiger partial charge >= 0.3 is 0 Å². The zero-order valence-corrected chi connectivity index (χ0v) is 22.9. The first-order valence-electron chi connectivity index (χ1n) is 13.9. The summed E-state index contributed by atoms with van der Waals surface area (Å²) in [4.78, 5) is 0. The summed E-state index contributed by atoms with van der Waals surface area (Å²) in [7, 11) is 0. The predicted octanol–water partition coefficient (Wildman–Crippen LogP) is 9.52. The highest BCUT2D eigenvalue weighted by Crippen LogP contribution is 2.39.